The summed E-state index contributed by atoms with van der Waals surface area (Å²) in [6.45, 7) is 1.48. The van der Waals surface area contributed by atoms with Gasteiger partial charge in [-0.3, -0.25) is 0 Å². The minimum Gasteiger partial charge on any atom is -0.657 e. The molecule has 7 rings (SSSR count). The van der Waals surface area contributed by atoms with E-state index in [1.54, 1.807) is 0 Å². The predicted octanol–water partition coefficient (Wildman–Crippen LogP) is 9.80. The van der Waals surface area contributed by atoms with Crippen LogP contribution in [0.3, 0.4) is 0 Å². The molecule has 0 heterocycles. The van der Waals surface area contributed by atoms with Crippen molar-refractivity contribution in [2.24, 2.45) is 0 Å². The Labute approximate surface area is 322 Å². The molecule has 1 aliphatic rings. The van der Waals surface area contributed by atoms with Gasteiger partial charge in [-0.15, -0.1) is 13.1 Å². The predicted molar refractivity (Wildman–Crippen MR) is 225 cm³/mol. The average Bonchev–Trinajstić information content (AvgIpc) is 3.20. The molecule has 0 spiro atoms. The summed E-state index contributed by atoms with van der Waals surface area (Å²) in [7, 11) is 7.39. The Balaban J connectivity index is 0.00000144. The van der Waals surface area contributed by atoms with Gasteiger partial charge in [0.2, 0.25) is 0 Å². The molecular formula is C44H44Cl2N2P2Ru+2. The van der Waals surface area contributed by atoms with E-state index >= 15 is 0 Å². The molecule has 0 amide bonds. The third-order valence-corrected chi connectivity index (χ3v) is 15.2. The number of hydrogen-bond acceptors (Lipinski definition) is 0. The van der Waals surface area contributed by atoms with E-state index in [1.165, 1.54) is 55.8 Å². The van der Waals surface area contributed by atoms with Gasteiger partial charge >= 0.3 is 34.5 Å². The quantitative estimate of drug-likeness (QED) is 0.0869. The van der Waals surface area contributed by atoms with Crippen molar-refractivity contribution < 1.29 is 15.1 Å². The molecule has 1 fully saturated rings. The molecule has 6 aromatic carbocycles. The molecule has 6 aromatic rings. The van der Waals surface area contributed by atoms with Gasteiger partial charge in [-0.05, 0) is 71.8 Å². The van der Waals surface area contributed by atoms with E-state index < -0.39 is 15.8 Å². The van der Waals surface area contributed by atoms with E-state index in [0.29, 0.717) is 0 Å². The average molecular weight is 835 g/mol. The van der Waals surface area contributed by atoms with Crippen molar-refractivity contribution in [3.63, 3.8) is 0 Å². The SMILES string of the molecule is [Cl][Ru+2][Cl].c1ccc([PH+](c2ccccc2)c2ccccc2C[N-][C@H]2CCCC[C@@H]2[N-]Cc2ccccc2[PH+](c2ccccc2)c2ccccc2)cc1. The van der Waals surface area contributed by atoms with Crippen LogP contribution in [0.2, 0.25) is 0 Å². The molecule has 0 bridgehead atoms. The summed E-state index contributed by atoms with van der Waals surface area (Å²) >= 11 is -0.346. The number of benzene rings is 6. The van der Waals surface area contributed by atoms with Gasteiger partial charge in [0, 0.05) is 0 Å². The van der Waals surface area contributed by atoms with E-state index in [4.69, 9.17) is 30.0 Å². The van der Waals surface area contributed by atoms with E-state index in [9.17, 15) is 0 Å². The van der Waals surface area contributed by atoms with E-state index in [0.717, 1.165) is 25.9 Å². The van der Waals surface area contributed by atoms with Crippen LogP contribution in [0.5, 0.6) is 0 Å². The van der Waals surface area contributed by atoms with Crippen molar-refractivity contribution in [1.29, 1.82) is 0 Å². The fourth-order valence-electron chi connectivity index (χ4n) is 7.13. The molecule has 2 nitrogen and oxygen atoms in total. The first-order valence-corrected chi connectivity index (χ1v) is 25.0. The summed E-state index contributed by atoms with van der Waals surface area (Å²) in [5, 5.41) is 19.5. The topological polar surface area (TPSA) is 28.2 Å². The van der Waals surface area contributed by atoms with Crippen LogP contribution < -0.4 is 31.8 Å². The zero-order valence-electron chi connectivity index (χ0n) is 28.6. The molecule has 0 unspecified atom stereocenters. The van der Waals surface area contributed by atoms with E-state index in [2.05, 4.69) is 170 Å². The van der Waals surface area contributed by atoms with Crippen molar-refractivity contribution in [2.75, 3.05) is 0 Å². The van der Waals surface area contributed by atoms with Crippen LogP contribution in [0.25, 0.3) is 10.6 Å². The third kappa shape index (κ3) is 10.5. The molecule has 1 saturated carbocycles. The first-order valence-electron chi connectivity index (χ1n) is 17.6. The Morgan fingerprint density at radius 2 is 0.706 bits per heavy atom. The van der Waals surface area contributed by atoms with Crippen molar-refractivity contribution in [1.82, 2.24) is 0 Å². The summed E-state index contributed by atoms with van der Waals surface area (Å²) in [5.74, 6) is 0. The fourth-order valence-corrected chi connectivity index (χ4v) is 12.6. The molecule has 0 radical (unpaired) electrons. The summed E-state index contributed by atoms with van der Waals surface area (Å²) in [6.07, 6.45) is 4.71. The molecule has 7 heteroatoms. The van der Waals surface area contributed by atoms with Crippen molar-refractivity contribution in [2.45, 2.75) is 50.9 Å². The molecule has 0 saturated heterocycles. The number of nitrogens with zero attached hydrogens (tertiary/aromatic N) is 2. The molecule has 0 aliphatic heterocycles. The zero-order valence-corrected chi connectivity index (χ0v) is 33.8. The number of hydrogen-bond donors (Lipinski definition) is 0. The molecule has 2 atom stereocenters. The Hall–Kier alpha value is -2.70. The van der Waals surface area contributed by atoms with E-state index in [-0.39, 0.29) is 27.2 Å². The number of rotatable bonds is 12. The molecule has 260 valence electrons. The standard InChI is InChI=1S/C44H42N2P2.2ClH.Ru/c1-5-21-37(22-6-1)47(38-23-7-2-8-24-38)43-31-17-13-19-35(43)33-45-41-29-15-16-30-42(41)46-34-36-20-14-18-32-44(36)48(39-25-9-3-10-26-39)40-27-11-4-12-28-40;;;/h1-14,17-28,31-32,41-42H,15-16,29-30,33-34H2;2*1H;/q-2;;;+4/t41-,42-;;;/m0.../s1. The summed E-state index contributed by atoms with van der Waals surface area (Å²) in [6, 6.07) is 62.8. The van der Waals surface area contributed by atoms with Crippen molar-refractivity contribution >= 4 is 67.1 Å². The molecular weight excluding hydrogens is 790 g/mol. The molecule has 0 aromatic heterocycles. The maximum Gasteiger partial charge on any atom is 0.103 e. The third-order valence-electron chi connectivity index (χ3n) is 9.51. The monoisotopic (exact) mass is 834 g/mol. The van der Waals surface area contributed by atoms with Crippen LogP contribution in [0.15, 0.2) is 170 Å². The van der Waals surface area contributed by atoms with Crippen LogP contribution in [0, 0.1) is 0 Å². The van der Waals surface area contributed by atoms with Crippen LogP contribution in [0.1, 0.15) is 36.8 Å². The number of halogens is 2. The van der Waals surface area contributed by atoms with Crippen LogP contribution in [-0.2, 0) is 28.2 Å². The van der Waals surface area contributed by atoms with Gasteiger partial charge < -0.3 is 10.6 Å². The van der Waals surface area contributed by atoms with Crippen molar-refractivity contribution in [3.8, 4) is 0 Å². The Bertz CT molecular complexity index is 1670. The molecule has 1 aliphatic carbocycles. The van der Waals surface area contributed by atoms with Crippen LogP contribution >= 0.6 is 35.2 Å². The zero-order chi connectivity index (χ0) is 35.1. The van der Waals surface area contributed by atoms with Gasteiger partial charge in [0.1, 0.15) is 31.8 Å². The van der Waals surface area contributed by atoms with Crippen LogP contribution in [-0.4, -0.2) is 12.1 Å². The summed E-state index contributed by atoms with van der Waals surface area (Å²) < 4.78 is 0. The van der Waals surface area contributed by atoms with Gasteiger partial charge in [-0.1, -0.05) is 135 Å². The van der Waals surface area contributed by atoms with Gasteiger partial charge in [0.15, 0.2) is 0 Å². The van der Waals surface area contributed by atoms with Gasteiger partial charge in [-0.25, -0.2) is 0 Å². The van der Waals surface area contributed by atoms with Gasteiger partial charge in [0.25, 0.3) is 0 Å². The second-order valence-electron chi connectivity index (χ2n) is 12.7. The smallest absolute Gasteiger partial charge is 0.103 e. The Morgan fingerprint density at radius 3 is 1.02 bits per heavy atom. The van der Waals surface area contributed by atoms with Crippen LogP contribution in [0.4, 0.5) is 0 Å². The normalized spacial score (nSPS) is 15.7. The second-order valence-corrected chi connectivity index (χ2v) is 20.2. The maximum absolute atomic E-state index is 5.46. The van der Waals surface area contributed by atoms with E-state index in [1.807, 2.05) is 0 Å². The van der Waals surface area contributed by atoms with Gasteiger partial charge in [-0.2, -0.15) is 12.1 Å². The minimum atomic E-state index is -1.16. The largest absolute Gasteiger partial charge is 0.657 e. The van der Waals surface area contributed by atoms with Gasteiger partial charge in [0.05, 0.1) is 15.8 Å². The maximum atomic E-state index is 5.46. The first kappa shape index (κ1) is 38.0. The second kappa shape index (κ2) is 20.5. The minimum absolute atomic E-state index is 0.260. The Kier molecular flexibility index (Phi) is 15.3. The molecule has 0 N–H and O–H groups in total. The first-order chi connectivity index (χ1) is 25.3. The summed E-state index contributed by atoms with van der Waals surface area (Å²) in [5.41, 5.74) is 2.71. The summed E-state index contributed by atoms with van der Waals surface area (Å²) in [4.78, 5) is 0. The molecule has 51 heavy (non-hydrogen) atoms. The Morgan fingerprint density at radius 1 is 0.431 bits per heavy atom. The fraction of sp³-hybridized carbons (Fsp3) is 0.182. The van der Waals surface area contributed by atoms with Crippen molar-refractivity contribution in [3.05, 3.63) is 192 Å².